The van der Waals surface area contributed by atoms with Crippen molar-refractivity contribution < 1.29 is 39.2 Å². The molecular weight excluding hydrogens is 408 g/mol. The molecule has 31 heavy (non-hydrogen) atoms. The molecular formula is C21H22N2O8. The molecule has 5 N–H and O–H groups in total. The first kappa shape index (κ1) is 23.2. The van der Waals surface area contributed by atoms with Crippen LogP contribution < -0.4 is 15.4 Å². The van der Waals surface area contributed by atoms with Crippen molar-refractivity contribution in [2.24, 2.45) is 0 Å². The van der Waals surface area contributed by atoms with Crippen LogP contribution in [0.25, 0.3) is 0 Å². The second-order valence-electron chi connectivity index (χ2n) is 6.56. The summed E-state index contributed by atoms with van der Waals surface area (Å²) in [6.45, 7) is -0.0570. The van der Waals surface area contributed by atoms with Crippen LogP contribution in [0.15, 0.2) is 48.5 Å². The minimum Gasteiger partial charge on any atom is -0.482 e. The Morgan fingerprint density at radius 1 is 0.935 bits per heavy atom. The zero-order valence-electron chi connectivity index (χ0n) is 16.4. The minimum absolute atomic E-state index is 0.218. The number of anilines is 1. The minimum atomic E-state index is -1.30. The van der Waals surface area contributed by atoms with Gasteiger partial charge in [0, 0.05) is 24.2 Å². The molecule has 0 spiro atoms. The van der Waals surface area contributed by atoms with E-state index in [-0.39, 0.29) is 18.4 Å². The van der Waals surface area contributed by atoms with Gasteiger partial charge in [-0.05, 0) is 48.4 Å². The van der Waals surface area contributed by atoms with Crippen LogP contribution in [0.3, 0.4) is 0 Å². The molecule has 0 unspecified atom stereocenters. The van der Waals surface area contributed by atoms with Crippen molar-refractivity contribution in [3.05, 3.63) is 59.7 Å². The van der Waals surface area contributed by atoms with E-state index in [9.17, 15) is 24.3 Å². The van der Waals surface area contributed by atoms with Gasteiger partial charge in [-0.2, -0.15) is 0 Å². The molecule has 2 aromatic rings. The average molecular weight is 430 g/mol. The van der Waals surface area contributed by atoms with Gasteiger partial charge < -0.3 is 30.7 Å². The third-order valence-electron chi connectivity index (χ3n) is 4.15. The maximum Gasteiger partial charge on any atom is 0.341 e. The lowest BCUT2D eigenvalue weighted by Crippen LogP contribution is -2.41. The van der Waals surface area contributed by atoms with E-state index in [0.717, 1.165) is 11.3 Å². The van der Waals surface area contributed by atoms with Gasteiger partial charge in [0.05, 0.1) is 0 Å². The fourth-order valence-electron chi connectivity index (χ4n) is 2.61. The van der Waals surface area contributed by atoms with Gasteiger partial charge >= 0.3 is 17.9 Å². The van der Waals surface area contributed by atoms with E-state index in [1.165, 1.54) is 6.07 Å². The molecule has 0 radical (unpaired) electrons. The van der Waals surface area contributed by atoms with Crippen molar-refractivity contribution in [2.75, 3.05) is 11.9 Å². The average Bonchev–Trinajstić information content (AvgIpc) is 2.74. The number of rotatable bonds is 12. The quantitative estimate of drug-likeness (QED) is 0.338. The highest BCUT2D eigenvalue weighted by atomic mass is 16.5. The van der Waals surface area contributed by atoms with E-state index >= 15 is 0 Å². The summed E-state index contributed by atoms with van der Waals surface area (Å²) in [5.41, 5.74) is 1.76. The Labute approximate surface area is 177 Å². The standard InChI is InChI=1S/C21H22N2O8/c24-18(25)9-8-17(21(29)30)23-20(28)14-3-1-2-13(10-14)11-22-15-4-6-16(7-5-15)31-12-19(26)27/h1-7,10,17,22H,8-9,11-12H2,(H,23,28)(H,24,25)(H,26,27)(H,29,30)/t17-/m1/s1. The van der Waals surface area contributed by atoms with Crippen molar-refractivity contribution in [2.45, 2.75) is 25.4 Å². The summed E-state index contributed by atoms with van der Waals surface area (Å²) in [6, 6.07) is 12.0. The lowest BCUT2D eigenvalue weighted by Gasteiger charge is -2.14. The molecule has 0 heterocycles. The van der Waals surface area contributed by atoms with Crippen LogP contribution in [0.2, 0.25) is 0 Å². The number of amides is 1. The van der Waals surface area contributed by atoms with E-state index in [4.69, 9.17) is 14.9 Å². The highest BCUT2D eigenvalue weighted by Gasteiger charge is 2.21. The maximum absolute atomic E-state index is 12.4. The molecule has 0 bridgehead atoms. The molecule has 0 aliphatic rings. The van der Waals surface area contributed by atoms with Crippen molar-refractivity contribution in [3.63, 3.8) is 0 Å². The molecule has 0 saturated carbocycles. The van der Waals surface area contributed by atoms with Crippen molar-refractivity contribution in [3.8, 4) is 5.75 Å². The van der Waals surface area contributed by atoms with Gasteiger partial charge in [-0.25, -0.2) is 9.59 Å². The second kappa shape index (κ2) is 11.2. The molecule has 0 fully saturated rings. The number of carbonyl (C=O) groups is 4. The Hall–Kier alpha value is -4.08. The van der Waals surface area contributed by atoms with Gasteiger partial charge in [0.1, 0.15) is 11.8 Å². The molecule has 0 aliphatic carbocycles. The molecule has 0 aliphatic heterocycles. The van der Waals surface area contributed by atoms with Crippen LogP contribution in [-0.2, 0) is 20.9 Å². The molecule has 10 heteroatoms. The van der Waals surface area contributed by atoms with Crippen LogP contribution in [0, 0.1) is 0 Å². The number of carboxylic acid groups (broad SMARTS) is 3. The number of nitrogens with one attached hydrogen (secondary N) is 2. The van der Waals surface area contributed by atoms with Gasteiger partial charge in [0.25, 0.3) is 5.91 Å². The Morgan fingerprint density at radius 2 is 1.65 bits per heavy atom. The van der Waals surface area contributed by atoms with Crippen molar-refractivity contribution >= 4 is 29.5 Å². The predicted octanol–water partition coefficient (Wildman–Crippen LogP) is 1.81. The monoisotopic (exact) mass is 430 g/mol. The third-order valence-corrected chi connectivity index (χ3v) is 4.15. The van der Waals surface area contributed by atoms with Gasteiger partial charge in [0.2, 0.25) is 0 Å². The van der Waals surface area contributed by atoms with Crippen molar-refractivity contribution in [1.82, 2.24) is 5.32 Å². The fourth-order valence-corrected chi connectivity index (χ4v) is 2.61. The zero-order valence-corrected chi connectivity index (χ0v) is 16.4. The zero-order chi connectivity index (χ0) is 22.8. The van der Waals surface area contributed by atoms with Gasteiger partial charge in [-0.3, -0.25) is 9.59 Å². The van der Waals surface area contributed by atoms with Gasteiger partial charge in [-0.1, -0.05) is 12.1 Å². The number of ether oxygens (including phenoxy) is 1. The smallest absolute Gasteiger partial charge is 0.341 e. The second-order valence-corrected chi connectivity index (χ2v) is 6.56. The van der Waals surface area contributed by atoms with E-state index in [1.54, 1.807) is 42.5 Å². The molecule has 2 aromatic carbocycles. The summed E-state index contributed by atoms with van der Waals surface area (Å²) >= 11 is 0. The van der Waals surface area contributed by atoms with E-state index in [1.807, 2.05) is 0 Å². The van der Waals surface area contributed by atoms with Gasteiger partial charge in [-0.15, -0.1) is 0 Å². The summed E-state index contributed by atoms with van der Waals surface area (Å²) in [7, 11) is 0. The number of hydrogen-bond donors (Lipinski definition) is 5. The topological polar surface area (TPSA) is 162 Å². The first-order valence-corrected chi connectivity index (χ1v) is 9.27. The molecule has 1 atom stereocenters. The molecule has 1 amide bonds. The van der Waals surface area contributed by atoms with Crippen LogP contribution >= 0.6 is 0 Å². The summed E-state index contributed by atoms with van der Waals surface area (Å²) < 4.78 is 5.06. The van der Waals surface area contributed by atoms with Crippen LogP contribution in [0.4, 0.5) is 5.69 Å². The third kappa shape index (κ3) is 8.05. The Bertz CT molecular complexity index is 943. The van der Waals surface area contributed by atoms with Crippen LogP contribution in [0.1, 0.15) is 28.8 Å². The Morgan fingerprint density at radius 3 is 2.26 bits per heavy atom. The highest BCUT2D eigenvalue weighted by molar-refractivity contribution is 5.96. The Balaban J connectivity index is 1.95. The van der Waals surface area contributed by atoms with E-state index in [0.29, 0.717) is 12.3 Å². The molecule has 0 aromatic heterocycles. The first-order valence-electron chi connectivity index (χ1n) is 9.27. The molecule has 10 nitrogen and oxygen atoms in total. The lowest BCUT2D eigenvalue weighted by atomic mass is 10.1. The van der Waals surface area contributed by atoms with Gasteiger partial charge in [0.15, 0.2) is 6.61 Å². The number of carboxylic acids is 3. The maximum atomic E-state index is 12.4. The summed E-state index contributed by atoms with van der Waals surface area (Å²) in [4.78, 5) is 44.8. The SMILES string of the molecule is O=C(O)CC[C@@H](NC(=O)c1cccc(CNc2ccc(OCC(=O)O)cc2)c1)C(=O)O. The number of hydrogen-bond acceptors (Lipinski definition) is 6. The number of aliphatic carboxylic acids is 3. The fraction of sp³-hybridized carbons (Fsp3) is 0.238. The largest absolute Gasteiger partial charge is 0.482 e. The number of benzene rings is 2. The highest BCUT2D eigenvalue weighted by Crippen LogP contribution is 2.17. The summed E-state index contributed by atoms with van der Waals surface area (Å²) in [5, 5.41) is 32.0. The summed E-state index contributed by atoms with van der Waals surface area (Å²) in [6.07, 6.45) is -0.592. The Kier molecular flexibility index (Phi) is 8.38. The van der Waals surface area contributed by atoms with Crippen molar-refractivity contribution in [1.29, 1.82) is 0 Å². The number of carbonyl (C=O) groups excluding carboxylic acids is 1. The first-order chi connectivity index (χ1) is 14.7. The molecule has 164 valence electrons. The normalized spacial score (nSPS) is 11.2. The predicted molar refractivity (Wildman–Crippen MR) is 109 cm³/mol. The van der Waals surface area contributed by atoms with Crippen LogP contribution in [0.5, 0.6) is 5.75 Å². The van der Waals surface area contributed by atoms with E-state index in [2.05, 4.69) is 10.6 Å². The van der Waals surface area contributed by atoms with Crippen LogP contribution in [-0.4, -0.2) is 51.8 Å². The van der Waals surface area contributed by atoms with E-state index < -0.39 is 36.5 Å². The molecule has 0 saturated heterocycles. The molecule has 2 rings (SSSR count). The lowest BCUT2D eigenvalue weighted by molar-refractivity contribution is -0.141. The summed E-state index contributed by atoms with van der Waals surface area (Å²) in [5.74, 6) is -3.71.